The lowest BCUT2D eigenvalue weighted by Crippen LogP contribution is -2.40. The molecular formula is C33H31BrN2O5S. The van der Waals surface area contributed by atoms with E-state index in [0.717, 1.165) is 15.6 Å². The van der Waals surface area contributed by atoms with Gasteiger partial charge in [-0.2, -0.15) is 0 Å². The van der Waals surface area contributed by atoms with Gasteiger partial charge in [0.25, 0.3) is 5.56 Å². The largest absolute Gasteiger partial charge is 0.491 e. The van der Waals surface area contributed by atoms with E-state index in [2.05, 4.69) is 20.9 Å². The smallest absolute Gasteiger partial charge is 0.338 e. The molecule has 1 aliphatic heterocycles. The average molecular weight is 648 g/mol. The first-order chi connectivity index (χ1) is 20.3. The molecule has 3 aromatic carbocycles. The highest BCUT2D eigenvalue weighted by Crippen LogP contribution is 2.36. The summed E-state index contributed by atoms with van der Waals surface area (Å²) in [5.41, 5.74) is 3.03. The molecule has 0 fully saturated rings. The van der Waals surface area contributed by atoms with E-state index in [-0.39, 0.29) is 18.3 Å². The van der Waals surface area contributed by atoms with Gasteiger partial charge < -0.3 is 14.2 Å². The van der Waals surface area contributed by atoms with Crippen molar-refractivity contribution >= 4 is 39.3 Å². The zero-order valence-electron chi connectivity index (χ0n) is 23.8. The van der Waals surface area contributed by atoms with Gasteiger partial charge in [-0.15, -0.1) is 0 Å². The molecule has 0 saturated carbocycles. The molecule has 1 aliphatic rings. The summed E-state index contributed by atoms with van der Waals surface area (Å²) in [6.45, 7) is 7.98. The topological polar surface area (TPSA) is 79.1 Å². The molecule has 9 heteroatoms. The first kappa shape index (κ1) is 29.5. The molecule has 5 rings (SSSR count). The number of fused-ring (bicyclic) bond motifs is 1. The van der Waals surface area contributed by atoms with Crippen LogP contribution >= 0.6 is 27.3 Å². The van der Waals surface area contributed by atoms with E-state index in [4.69, 9.17) is 14.2 Å². The summed E-state index contributed by atoms with van der Waals surface area (Å²) in [4.78, 5) is 32.6. The zero-order chi connectivity index (χ0) is 29.8. The number of nitrogens with zero attached hydrogens (tertiary/aromatic N) is 2. The molecule has 0 bridgehead atoms. The summed E-state index contributed by atoms with van der Waals surface area (Å²) in [6.07, 6.45) is 1.71. The summed E-state index contributed by atoms with van der Waals surface area (Å²) in [6, 6.07) is 22.2. The summed E-state index contributed by atoms with van der Waals surface area (Å²) < 4.78 is 20.7. The highest BCUT2D eigenvalue weighted by Gasteiger charge is 2.35. The van der Waals surface area contributed by atoms with Crippen molar-refractivity contribution in [3.05, 3.63) is 125 Å². The summed E-state index contributed by atoms with van der Waals surface area (Å²) >= 11 is 4.73. The zero-order valence-corrected chi connectivity index (χ0v) is 26.2. The van der Waals surface area contributed by atoms with Gasteiger partial charge in [-0.3, -0.25) is 9.36 Å². The fraction of sp³-hybridized carbons (Fsp3) is 0.242. The second kappa shape index (κ2) is 12.9. The van der Waals surface area contributed by atoms with Gasteiger partial charge in [-0.1, -0.05) is 75.8 Å². The van der Waals surface area contributed by atoms with Crippen LogP contribution in [0.25, 0.3) is 6.08 Å². The number of thiazole rings is 1. The Kier molecular flexibility index (Phi) is 9.09. The lowest BCUT2D eigenvalue weighted by molar-refractivity contribution is -0.139. The fourth-order valence-electron chi connectivity index (χ4n) is 4.77. The number of benzene rings is 3. The highest BCUT2D eigenvalue weighted by atomic mass is 79.9. The molecule has 0 unspecified atom stereocenters. The van der Waals surface area contributed by atoms with Gasteiger partial charge in [0.1, 0.15) is 24.1 Å². The van der Waals surface area contributed by atoms with Crippen LogP contribution in [0.4, 0.5) is 0 Å². The number of halogens is 1. The number of rotatable bonds is 9. The number of aromatic nitrogens is 1. The molecule has 0 radical (unpaired) electrons. The lowest BCUT2D eigenvalue weighted by Gasteiger charge is -2.26. The SMILES string of the molecule is CCOC(=O)C1=C(C)N=c2s/c(=C/c3ccccc3OCc3ccc(Br)cc3)c(=O)n2[C@@H]1c1ccccc1OC(C)C. The van der Waals surface area contributed by atoms with Gasteiger partial charge in [0.2, 0.25) is 0 Å². The van der Waals surface area contributed by atoms with Crippen molar-refractivity contribution in [2.24, 2.45) is 4.99 Å². The fourth-order valence-corrected chi connectivity index (χ4v) is 6.07. The van der Waals surface area contributed by atoms with E-state index in [1.54, 1.807) is 18.4 Å². The number of carbonyl (C=O) groups is 1. The first-order valence-corrected chi connectivity index (χ1v) is 15.3. The molecule has 0 aliphatic carbocycles. The van der Waals surface area contributed by atoms with Crippen LogP contribution < -0.4 is 24.4 Å². The first-order valence-electron chi connectivity index (χ1n) is 13.7. The third-order valence-corrected chi connectivity index (χ3v) is 8.12. The van der Waals surface area contributed by atoms with E-state index in [9.17, 15) is 9.59 Å². The Bertz CT molecular complexity index is 1820. The summed E-state index contributed by atoms with van der Waals surface area (Å²) in [5, 5.41) is 0. The van der Waals surface area contributed by atoms with Gasteiger partial charge in [-0.05, 0) is 63.6 Å². The molecule has 2 heterocycles. The van der Waals surface area contributed by atoms with E-state index in [0.29, 0.717) is 44.3 Å². The van der Waals surface area contributed by atoms with Gasteiger partial charge in [-0.25, -0.2) is 9.79 Å². The van der Waals surface area contributed by atoms with Crippen LogP contribution in [0.15, 0.2) is 98.3 Å². The Morgan fingerprint density at radius 1 is 1.05 bits per heavy atom. The Labute approximate surface area is 256 Å². The molecule has 0 spiro atoms. The number of carbonyl (C=O) groups excluding carboxylic acids is 1. The Morgan fingerprint density at radius 3 is 2.45 bits per heavy atom. The van der Waals surface area contributed by atoms with Gasteiger partial charge in [0.05, 0.1) is 28.5 Å². The van der Waals surface area contributed by atoms with Crippen molar-refractivity contribution in [1.82, 2.24) is 4.57 Å². The maximum absolute atomic E-state index is 14.1. The Hall–Kier alpha value is -3.95. The van der Waals surface area contributed by atoms with Crippen LogP contribution in [0.2, 0.25) is 0 Å². The monoisotopic (exact) mass is 646 g/mol. The average Bonchev–Trinajstić information content (AvgIpc) is 3.26. The molecule has 7 nitrogen and oxygen atoms in total. The van der Waals surface area contributed by atoms with Crippen molar-refractivity contribution in [3.8, 4) is 11.5 Å². The second-order valence-electron chi connectivity index (χ2n) is 9.96. The maximum Gasteiger partial charge on any atom is 0.338 e. The molecule has 216 valence electrons. The molecular weight excluding hydrogens is 616 g/mol. The van der Waals surface area contributed by atoms with Crippen molar-refractivity contribution in [2.45, 2.75) is 46.4 Å². The van der Waals surface area contributed by atoms with Crippen LogP contribution in [-0.2, 0) is 16.1 Å². The summed E-state index contributed by atoms with van der Waals surface area (Å²) in [7, 11) is 0. The number of hydrogen-bond acceptors (Lipinski definition) is 7. The molecule has 0 N–H and O–H groups in total. The van der Waals surface area contributed by atoms with E-state index >= 15 is 0 Å². The van der Waals surface area contributed by atoms with Gasteiger partial charge >= 0.3 is 5.97 Å². The third-order valence-electron chi connectivity index (χ3n) is 6.61. The Morgan fingerprint density at radius 2 is 1.74 bits per heavy atom. The summed E-state index contributed by atoms with van der Waals surface area (Å²) in [5.74, 6) is 0.737. The number of esters is 1. The number of para-hydroxylation sites is 2. The minimum Gasteiger partial charge on any atom is -0.491 e. The van der Waals surface area contributed by atoms with E-state index < -0.39 is 12.0 Å². The standard InChI is InChI=1S/C33H31BrN2O5S/c1-5-39-32(38)29-21(4)35-33-36(30(29)25-11-7-9-13-27(25)41-20(2)3)31(37)28(42-33)18-23-10-6-8-12-26(23)40-19-22-14-16-24(34)17-15-22/h6-18,20,30H,5,19H2,1-4H3/b28-18+/t30-/m1/s1. The highest BCUT2D eigenvalue weighted by molar-refractivity contribution is 9.10. The predicted octanol–water partition coefficient (Wildman–Crippen LogP) is 5.93. The predicted molar refractivity (Wildman–Crippen MR) is 168 cm³/mol. The Balaban J connectivity index is 1.62. The van der Waals surface area contributed by atoms with Gasteiger partial charge in [0.15, 0.2) is 4.80 Å². The van der Waals surface area contributed by atoms with Crippen LogP contribution in [-0.4, -0.2) is 23.2 Å². The number of ether oxygens (including phenoxy) is 3. The van der Waals surface area contributed by atoms with Crippen LogP contribution in [0.5, 0.6) is 11.5 Å². The van der Waals surface area contributed by atoms with Crippen LogP contribution in [0.1, 0.15) is 50.4 Å². The van der Waals surface area contributed by atoms with Crippen LogP contribution in [0, 0.1) is 0 Å². The number of hydrogen-bond donors (Lipinski definition) is 0. The van der Waals surface area contributed by atoms with Crippen molar-refractivity contribution < 1.29 is 19.0 Å². The molecule has 1 aromatic heterocycles. The molecule has 4 aromatic rings. The second-order valence-corrected chi connectivity index (χ2v) is 11.9. The maximum atomic E-state index is 14.1. The number of allylic oxidation sites excluding steroid dienone is 1. The molecule has 42 heavy (non-hydrogen) atoms. The lowest BCUT2D eigenvalue weighted by atomic mass is 9.95. The molecule has 0 amide bonds. The normalized spacial score (nSPS) is 14.9. The van der Waals surface area contributed by atoms with Gasteiger partial charge in [0, 0.05) is 15.6 Å². The van der Waals surface area contributed by atoms with Crippen molar-refractivity contribution in [3.63, 3.8) is 0 Å². The minimum absolute atomic E-state index is 0.105. The molecule has 1 atom stereocenters. The molecule has 0 saturated heterocycles. The quantitative estimate of drug-likeness (QED) is 0.211. The van der Waals surface area contributed by atoms with E-state index in [1.807, 2.05) is 92.7 Å². The van der Waals surface area contributed by atoms with Crippen molar-refractivity contribution in [2.75, 3.05) is 6.61 Å². The third kappa shape index (κ3) is 6.27. The minimum atomic E-state index is -0.763. The van der Waals surface area contributed by atoms with E-state index in [1.165, 1.54) is 11.3 Å². The van der Waals surface area contributed by atoms with Crippen molar-refractivity contribution in [1.29, 1.82) is 0 Å². The van der Waals surface area contributed by atoms with Crippen LogP contribution in [0.3, 0.4) is 0 Å².